The van der Waals surface area contributed by atoms with E-state index in [1.807, 2.05) is 16.8 Å². The predicted molar refractivity (Wildman–Crippen MR) is 141 cm³/mol. The third-order valence-electron chi connectivity index (χ3n) is 6.83. The summed E-state index contributed by atoms with van der Waals surface area (Å²) in [7, 11) is 3.34. The number of nitrogens with one attached hydrogen (secondary N) is 1. The number of Topliss-reactive ketones (excluding diaryl/α,β-unsaturated/α-hetero) is 1. The molecular weight excluding hydrogens is 553 g/mol. The molecule has 1 N–H and O–H groups in total. The summed E-state index contributed by atoms with van der Waals surface area (Å²) >= 11 is 1.24. The molecule has 1 aromatic heterocycles. The number of hydrogen-bond donors (Lipinski definition) is 1. The fraction of sp³-hybridized carbons (Fsp3) is 0.560. The molecule has 0 unspecified atom stereocenters. The summed E-state index contributed by atoms with van der Waals surface area (Å²) in [6.45, 7) is 4.06. The first-order valence-electron chi connectivity index (χ1n) is 12.8. The highest BCUT2D eigenvalue weighted by molar-refractivity contribution is 7.15. The number of piperidine rings is 1. The maximum Gasteiger partial charge on any atom is 0.573 e. The van der Waals surface area contributed by atoms with Crippen LogP contribution in [0.2, 0.25) is 0 Å². The van der Waals surface area contributed by atoms with Gasteiger partial charge in [0.25, 0.3) is 0 Å². The molecule has 0 bridgehead atoms. The molecule has 2 saturated heterocycles. The number of likely N-dealkylation sites (N-methyl/N-ethyl adjacent to an activating group) is 1. The first-order chi connectivity index (χ1) is 19.0. The van der Waals surface area contributed by atoms with E-state index in [0.29, 0.717) is 49.2 Å². The number of hydrogen-bond acceptors (Lipinski definition) is 11. The van der Waals surface area contributed by atoms with Gasteiger partial charge in [-0.25, -0.2) is 0 Å². The molecular formula is C25H31F3N6O5S. The summed E-state index contributed by atoms with van der Waals surface area (Å²) in [5.41, 5.74) is -0.145. The van der Waals surface area contributed by atoms with Crippen molar-refractivity contribution >= 4 is 39.8 Å². The number of amides is 1. The van der Waals surface area contributed by atoms with Crippen LogP contribution in [0.3, 0.4) is 0 Å². The van der Waals surface area contributed by atoms with Gasteiger partial charge in [0.05, 0.1) is 31.7 Å². The lowest BCUT2D eigenvalue weighted by molar-refractivity contribution is -0.274. The van der Waals surface area contributed by atoms with Crippen LogP contribution in [0, 0.1) is 5.92 Å². The van der Waals surface area contributed by atoms with E-state index in [1.54, 1.807) is 0 Å². The Balaban J connectivity index is 1.41. The molecule has 0 saturated carbocycles. The number of rotatable bonds is 9. The number of methoxy groups -OCH3 is 1. The zero-order chi connectivity index (χ0) is 28.9. The van der Waals surface area contributed by atoms with Crippen molar-refractivity contribution < 1.29 is 37.0 Å². The van der Waals surface area contributed by atoms with Crippen molar-refractivity contribution in [3.63, 3.8) is 0 Å². The summed E-state index contributed by atoms with van der Waals surface area (Å²) < 4.78 is 47.9. The van der Waals surface area contributed by atoms with Crippen molar-refractivity contribution in [3.05, 3.63) is 28.8 Å². The Morgan fingerprint density at radius 2 is 1.77 bits per heavy atom. The van der Waals surface area contributed by atoms with E-state index < -0.39 is 23.8 Å². The highest BCUT2D eigenvalue weighted by atomic mass is 32.1. The lowest BCUT2D eigenvalue weighted by atomic mass is 9.97. The number of aromatic nitrogens is 2. The van der Waals surface area contributed by atoms with Crippen LogP contribution >= 0.6 is 11.3 Å². The number of carbonyl (C=O) groups excluding carboxylic acids is 3. The number of alkyl halides is 3. The van der Waals surface area contributed by atoms with Crippen LogP contribution in [0.1, 0.15) is 28.2 Å². The molecule has 2 aromatic rings. The van der Waals surface area contributed by atoms with E-state index in [1.165, 1.54) is 30.6 Å². The minimum atomic E-state index is -4.98. The van der Waals surface area contributed by atoms with E-state index in [9.17, 15) is 27.6 Å². The van der Waals surface area contributed by atoms with Crippen molar-refractivity contribution in [2.45, 2.75) is 25.6 Å². The molecule has 15 heteroatoms. The highest BCUT2D eigenvalue weighted by Crippen LogP contribution is 2.32. The topological polar surface area (TPSA) is 117 Å². The molecule has 2 fully saturated rings. The molecule has 0 aliphatic carbocycles. The molecule has 0 radical (unpaired) electrons. The molecule has 2 aliphatic heterocycles. The van der Waals surface area contributed by atoms with Crippen LogP contribution in [0.4, 0.5) is 24.0 Å². The predicted octanol–water partition coefficient (Wildman–Crippen LogP) is 2.44. The van der Waals surface area contributed by atoms with Crippen molar-refractivity contribution in [2.24, 2.45) is 5.92 Å². The first kappa shape index (κ1) is 29.7. The number of esters is 1. The van der Waals surface area contributed by atoms with Crippen LogP contribution in [-0.4, -0.2) is 104 Å². The molecule has 1 aromatic carbocycles. The molecule has 218 valence electrons. The van der Waals surface area contributed by atoms with Crippen LogP contribution in [0.5, 0.6) is 5.75 Å². The molecule has 4 rings (SSSR count). The first-order valence-corrected chi connectivity index (χ1v) is 13.6. The van der Waals surface area contributed by atoms with Gasteiger partial charge in [0.1, 0.15) is 5.01 Å². The normalized spacial score (nSPS) is 17.5. The number of ether oxygens (including phenoxy) is 2. The van der Waals surface area contributed by atoms with Gasteiger partial charge in [-0.05, 0) is 38.1 Å². The van der Waals surface area contributed by atoms with Crippen LogP contribution < -0.4 is 15.0 Å². The second kappa shape index (κ2) is 12.9. The zero-order valence-corrected chi connectivity index (χ0v) is 23.0. The Kier molecular flexibility index (Phi) is 9.58. The number of nitrogens with zero attached hydrogens (tertiary/aromatic N) is 5. The van der Waals surface area contributed by atoms with Gasteiger partial charge in [0.2, 0.25) is 11.0 Å². The Labute approximate surface area is 233 Å². The highest BCUT2D eigenvalue weighted by Gasteiger charge is 2.33. The van der Waals surface area contributed by atoms with Crippen molar-refractivity contribution in [2.75, 3.05) is 70.2 Å². The quantitative estimate of drug-likeness (QED) is 0.348. The molecule has 0 atom stereocenters. The Hall–Kier alpha value is -3.30. The molecule has 40 heavy (non-hydrogen) atoms. The standard InChI is InChI=1S/C25H31F3N6O5S/c1-32-9-11-33(12-10-32)15-21(36)29-18-13-17(3-4-20(18)39-25(26,27)28)19(35)14-22-30-31-24(40-22)34-7-5-16(6-8-34)23(37)38-2/h3-4,13,16H,5-12,14-15H2,1-2H3,(H,29,36). The molecule has 3 heterocycles. The Morgan fingerprint density at radius 1 is 1.07 bits per heavy atom. The lowest BCUT2D eigenvalue weighted by Gasteiger charge is -2.31. The van der Waals surface area contributed by atoms with Crippen molar-refractivity contribution in [1.29, 1.82) is 0 Å². The van der Waals surface area contributed by atoms with E-state index in [4.69, 9.17) is 4.74 Å². The van der Waals surface area contributed by atoms with Gasteiger partial charge in [-0.2, -0.15) is 0 Å². The molecule has 2 aliphatic rings. The summed E-state index contributed by atoms with van der Waals surface area (Å²) in [5, 5.41) is 11.8. The van der Waals surface area contributed by atoms with Crippen molar-refractivity contribution in [3.8, 4) is 5.75 Å². The van der Waals surface area contributed by atoms with E-state index in [-0.39, 0.29) is 36.1 Å². The van der Waals surface area contributed by atoms with E-state index >= 15 is 0 Å². The lowest BCUT2D eigenvalue weighted by Crippen LogP contribution is -2.47. The van der Waals surface area contributed by atoms with E-state index in [0.717, 1.165) is 19.2 Å². The Morgan fingerprint density at radius 3 is 2.42 bits per heavy atom. The summed E-state index contributed by atoms with van der Waals surface area (Å²) in [6.07, 6.45) is -3.85. The number of halogens is 3. The van der Waals surface area contributed by atoms with Gasteiger partial charge in [-0.1, -0.05) is 11.3 Å². The van der Waals surface area contributed by atoms with Gasteiger partial charge in [0.15, 0.2) is 11.5 Å². The average molecular weight is 585 g/mol. The third kappa shape index (κ3) is 8.11. The molecule has 1 amide bonds. The maximum atomic E-state index is 13.0. The largest absolute Gasteiger partial charge is 0.573 e. The fourth-order valence-corrected chi connectivity index (χ4v) is 5.46. The summed E-state index contributed by atoms with van der Waals surface area (Å²) in [6, 6.07) is 3.42. The third-order valence-corrected chi connectivity index (χ3v) is 7.82. The average Bonchev–Trinajstić information content (AvgIpc) is 3.38. The zero-order valence-electron chi connectivity index (χ0n) is 22.2. The Bertz CT molecular complexity index is 1210. The summed E-state index contributed by atoms with van der Waals surface area (Å²) in [4.78, 5) is 43.4. The van der Waals surface area contributed by atoms with Crippen molar-refractivity contribution in [1.82, 2.24) is 20.0 Å². The van der Waals surface area contributed by atoms with Gasteiger partial charge in [-0.15, -0.1) is 23.4 Å². The van der Waals surface area contributed by atoms with Gasteiger partial charge in [0, 0.05) is 44.8 Å². The molecule has 0 spiro atoms. The minimum absolute atomic E-state index is 0.00189. The monoisotopic (exact) mass is 584 g/mol. The smallest absolute Gasteiger partial charge is 0.469 e. The fourth-order valence-electron chi connectivity index (χ4n) is 4.57. The second-order valence-corrected chi connectivity index (χ2v) is 10.8. The van der Waals surface area contributed by atoms with Gasteiger partial charge < -0.3 is 24.6 Å². The maximum absolute atomic E-state index is 13.0. The second-order valence-electron chi connectivity index (χ2n) is 9.75. The van der Waals surface area contributed by atoms with Gasteiger partial charge in [-0.3, -0.25) is 19.3 Å². The number of piperazine rings is 1. The van der Waals surface area contributed by atoms with Crippen LogP contribution in [0.25, 0.3) is 0 Å². The number of carbonyl (C=O) groups is 3. The number of benzene rings is 1. The number of ketones is 1. The minimum Gasteiger partial charge on any atom is -0.469 e. The van der Waals surface area contributed by atoms with Crippen LogP contribution in [0.15, 0.2) is 18.2 Å². The summed E-state index contributed by atoms with van der Waals surface area (Å²) in [5.74, 6) is -1.91. The van der Waals surface area contributed by atoms with Crippen LogP contribution in [-0.2, 0) is 20.7 Å². The number of anilines is 2. The van der Waals surface area contributed by atoms with E-state index in [2.05, 4.69) is 25.2 Å². The van der Waals surface area contributed by atoms with Gasteiger partial charge >= 0.3 is 12.3 Å². The molecule has 11 nitrogen and oxygen atoms in total. The SMILES string of the molecule is COC(=O)C1CCN(c2nnc(CC(=O)c3ccc(OC(F)(F)F)c(NC(=O)CN4CCN(C)CC4)c3)s2)CC1.